The molecule has 2 rings (SSSR count). The Bertz CT molecular complexity index is 501. The second kappa shape index (κ2) is 6.74. The van der Waals surface area contributed by atoms with Crippen molar-refractivity contribution in [2.45, 2.75) is 39.2 Å². The summed E-state index contributed by atoms with van der Waals surface area (Å²) in [5, 5.41) is 8.99. The van der Waals surface area contributed by atoms with Gasteiger partial charge < -0.3 is 10.0 Å². The first-order chi connectivity index (χ1) is 9.97. The zero-order chi connectivity index (χ0) is 15.4. The van der Waals surface area contributed by atoms with Crippen LogP contribution in [0.15, 0.2) is 24.3 Å². The van der Waals surface area contributed by atoms with Gasteiger partial charge in [0.25, 0.3) is 0 Å². The lowest BCUT2D eigenvalue weighted by atomic mass is 9.81. The first-order valence-electron chi connectivity index (χ1n) is 7.50. The molecule has 1 saturated carbocycles. The van der Waals surface area contributed by atoms with Crippen molar-refractivity contribution in [3.63, 3.8) is 0 Å². The number of carbonyl (C=O) groups excluding carboxylic acids is 1. The van der Waals surface area contributed by atoms with E-state index < -0.39 is 5.97 Å². The van der Waals surface area contributed by atoms with Crippen molar-refractivity contribution in [3.05, 3.63) is 35.4 Å². The number of benzene rings is 1. The quantitative estimate of drug-likeness (QED) is 0.927. The fourth-order valence-corrected chi connectivity index (χ4v) is 2.94. The zero-order valence-corrected chi connectivity index (χ0v) is 12.7. The molecule has 4 heteroatoms. The topological polar surface area (TPSA) is 57.6 Å². The third-order valence-electron chi connectivity index (χ3n) is 4.34. The van der Waals surface area contributed by atoms with Crippen molar-refractivity contribution >= 4 is 11.9 Å². The predicted octanol–water partition coefficient (Wildman–Crippen LogP) is 2.84. The van der Waals surface area contributed by atoms with Crippen LogP contribution < -0.4 is 0 Å². The Kier molecular flexibility index (Phi) is 4.99. The molecule has 0 saturated heterocycles. The second-order valence-electron chi connectivity index (χ2n) is 6.07. The van der Waals surface area contributed by atoms with Crippen molar-refractivity contribution in [2.75, 3.05) is 7.05 Å². The molecule has 0 radical (unpaired) electrons. The molecule has 1 aliphatic carbocycles. The van der Waals surface area contributed by atoms with E-state index in [1.54, 1.807) is 4.90 Å². The highest BCUT2D eigenvalue weighted by atomic mass is 16.4. The molecular weight excluding hydrogens is 266 g/mol. The van der Waals surface area contributed by atoms with Crippen molar-refractivity contribution in [3.8, 4) is 0 Å². The molecule has 0 spiro atoms. The van der Waals surface area contributed by atoms with Gasteiger partial charge in [0, 0.05) is 19.5 Å². The molecule has 0 atom stereocenters. The van der Waals surface area contributed by atoms with E-state index >= 15 is 0 Å². The number of rotatable bonds is 4. The molecule has 21 heavy (non-hydrogen) atoms. The third-order valence-corrected chi connectivity index (χ3v) is 4.34. The number of aliphatic carboxylic acids is 1. The highest BCUT2D eigenvalue weighted by molar-refractivity contribution is 5.79. The lowest BCUT2D eigenvalue weighted by Crippen LogP contribution is -2.35. The van der Waals surface area contributed by atoms with Gasteiger partial charge in [-0.05, 0) is 38.2 Å². The van der Waals surface area contributed by atoms with Gasteiger partial charge in [-0.2, -0.15) is 0 Å². The molecule has 114 valence electrons. The Balaban J connectivity index is 1.88. The number of hydrogen-bond donors (Lipinski definition) is 1. The van der Waals surface area contributed by atoms with Crippen LogP contribution in [0.1, 0.15) is 36.8 Å². The molecule has 1 amide bonds. The molecule has 4 nitrogen and oxygen atoms in total. The molecule has 0 unspecified atom stereocenters. The maximum Gasteiger partial charge on any atom is 0.306 e. The van der Waals surface area contributed by atoms with Crippen LogP contribution in [-0.4, -0.2) is 28.9 Å². The first kappa shape index (κ1) is 15.5. The lowest BCUT2D eigenvalue weighted by molar-refractivity contribution is -0.145. The first-order valence-corrected chi connectivity index (χ1v) is 7.50. The number of carboxylic acid groups (broad SMARTS) is 1. The van der Waals surface area contributed by atoms with Gasteiger partial charge in [0.1, 0.15) is 0 Å². The van der Waals surface area contributed by atoms with E-state index in [0.717, 1.165) is 5.56 Å². The summed E-state index contributed by atoms with van der Waals surface area (Å²) in [6.07, 6.45) is 2.61. The molecule has 0 heterocycles. The summed E-state index contributed by atoms with van der Waals surface area (Å²) in [7, 11) is 1.82. The van der Waals surface area contributed by atoms with Crippen LogP contribution in [0.2, 0.25) is 0 Å². The van der Waals surface area contributed by atoms with Gasteiger partial charge in [0.2, 0.25) is 5.91 Å². The second-order valence-corrected chi connectivity index (χ2v) is 6.07. The highest BCUT2D eigenvalue weighted by Gasteiger charge is 2.31. The van der Waals surface area contributed by atoms with Crippen LogP contribution in [0, 0.1) is 18.8 Å². The van der Waals surface area contributed by atoms with Gasteiger partial charge in [-0.25, -0.2) is 0 Å². The van der Waals surface area contributed by atoms with E-state index in [1.165, 1.54) is 5.56 Å². The molecule has 0 bridgehead atoms. The van der Waals surface area contributed by atoms with Crippen molar-refractivity contribution in [1.29, 1.82) is 0 Å². The summed E-state index contributed by atoms with van der Waals surface area (Å²) in [4.78, 5) is 25.1. The number of nitrogens with zero attached hydrogens (tertiary/aromatic N) is 1. The van der Waals surface area contributed by atoms with Crippen LogP contribution in [0.4, 0.5) is 0 Å². The van der Waals surface area contributed by atoms with Crippen LogP contribution in [0.5, 0.6) is 0 Å². The summed E-state index contributed by atoms with van der Waals surface area (Å²) < 4.78 is 0. The third kappa shape index (κ3) is 4.06. The van der Waals surface area contributed by atoms with Crippen LogP contribution in [0.3, 0.4) is 0 Å². The standard InChI is InChI=1S/C17H23NO3/c1-12-3-5-13(6-4-12)11-18(2)16(19)14-7-9-15(10-8-14)17(20)21/h3-6,14-15H,7-11H2,1-2H3,(H,20,21). The zero-order valence-electron chi connectivity index (χ0n) is 12.7. The largest absolute Gasteiger partial charge is 0.481 e. The smallest absolute Gasteiger partial charge is 0.306 e. The van der Waals surface area contributed by atoms with Gasteiger partial charge in [-0.15, -0.1) is 0 Å². The number of carboxylic acids is 1. The maximum absolute atomic E-state index is 12.4. The summed E-state index contributed by atoms with van der Waals surface area (Å²) >= 11 is 0. The summed E-state index contributed by atoms with van der Waals surface area (Å²) in [5.74, 6) is -0.874. The molecule has 1 fully saturated rings. The van der Waals surface area contributed by atoms with E-state index in [4.69, 9.17) is 5.11 Å². The number of hydrogen-bond acceptors (Lipinski definition) is 2. The molecule has 1 N–H and O–H groups in total. The van der Waals surface area contributed by atoms with Gasteiger partial charge in [0.15, 0.2) is 0 Å². The molecular formula is C17H23NO3. The Labute approximate surface area is 125 Å². The van der Waals surface area contributed by atoms with Crippen molar-refractivity contribution in [2.24, 2.45) is 11.8 Å². The van der Waals surface area contributed by atoms with Crippen molar-refractivity contribution < 1.29 is 14.7 Å². The minimum absolute atomic E-state index is 0.0175. The summed E-state index contributed by atoms with van der Waals surface area (Å²) in [6, 6.07) is 8.18. The Hall–Kier alpha value is -1.84. The summed E-state index contributed by atoms with van der Waals surface area (Å²) in [5.41, 5.74) is 2.33. The van der Waals surface area contributed by atoms with Crippen LogP contribution >= 0.6 is 0 Å². The molecule has 1 aromatic carbocycles. The normalized spacial score (nSPS) is 21.8. The minimum atomic E-state index is -0.728. The fourth-order valence-electron chi connectivity index (χ4n) is 2.94. The molecule has 0 aliphatic heterocycles. The fraction of sp³-hybridized carbons (Fsp3) is 0.529. The molecule has 1 aromatic rings. The van der Waals surface area contributed by atoms with Crippen LogP contribution in [0.25, 0.3) is 0 Å². The maximum atomic E-state index is 12.4. The Morgan fingerprint density at radius 1 is 1.10 bits per heavy atom. The van der Waals surface area contributed by atoms with Gasteiger partial charge in [-0.3, -0.25) is 9.59 Å². The Morgan fingerprint density at radius 3 is 2.14 bits per heavy atom. The number of aryl methyl sites for hydroxylation is 1. The average Bonchev–Trinajstić information content (AvgIpc) is 2.49. The van der Waals surface area contributed by atoms with Gasteiger partial charge in [0.05, 0.1) is 5.92 Å². The van der Waals surface area contributed by atoms with E-state index in [1.807, 2.05) is 38.2 Å². The Morgan fingerprint density at radius 2 is 1.62 bits per heavy atom. The van der Waals surface area contributed by atoms with E-state index in [-0.39, 0.29) is 17.7 Å². The highest BCUT2D eigenvalue weighted by Crippen LogP contribution is 2.30. The van der Waals surface area contributed by atoms with E-state index in [9.17, 15) is 9.59 Å². The van der Waals surface area contributed by atoms with Crippen molar-refractivity contribution in [1.82, 2.24) is 4.90 Å². The SMILES string of the molecule is Cc1ccc(CN(C)C(=O)C2CCC(C(=O)O)CC2)cc1. The number of amides is 1. The molecule has 0 aromatic heterocycles. The average molecular weight is 289 g/mol. The van der Waals surface area contributed by atoms with Gasteiger partial charge >= 0.3 is 5.97 Å². The summed E-state index contributed by atoms with van der Waals surface area (Å²) in [6.45, 7) is 2.65. The van der Waals surface area contributed by atoms with E-state index in [2.05, 4.69) is 0 Å². The van der Waals surface area contributed by atoms with Crippen LogP contribution in [-0.2, 0) is 16.1 Å². The minimum Gasteiger partial charge on any atom is -0.481 e. The van der Waals surface area contributed by atoms with Gasteiger partial charge in [-0.1, -0.05) is 29.8 Å². The predicted molar refractivity (Wildman–Crippen MR) is 80.7 cm³/mol. The monoisotopic (exact) mass is 289 g/mol. The molecule has 1 aliphatic rings. The number of carbonyl (C=O) groups is 2. The lowest BCUT2D eigenvalue weighted by Gasteiger charge is -2.29. The van der Waals surface area contributed by atoms with E-state index in [0.29, 0.717) is 32.2 Å².